The predicted molar refractivity (Wildman–Crippen MR) is 56.9 cm³/mol. The number of hydrogen-bond donors (Lipinski definition) is 1. The Kier molecular flexibility index (Phi) is 4.84. The zero-order valence-electron chi connectivity index (χ0n) is 8.47. The number of aromatic hydroxyl groups is 1. The Bertz CT molecular complexity index is 449. The van der Waals surface area contributed by atoms with Crippen molar-refractivity contribution in [3.05, 3.63) is 59.7 Å². The summed E-state index contributed by atoms with van der Waals surface area (Å²) >= 11 is 0. The number of allylic oxidation sites excluding steroid dienone is 5. The fraction of sp³-hybridized carbons (Fsp3) is 0. The molecule has 0 heterocycles. The Balaban J connectivity index is 0.00000128. The molecule has 1 aromatic rings. The van der Waals surface area contributed by atoms with Crippen LogP contribution in [0.3, 0.4) is 0 Å². The molecule has 0 amide bonds. The van der Waals surface area contributed by atoms with E-state index in [2.05, 4.69) is 12.1 Å². The smallest absolute Gasteiger partial charge is 0.0934 e. The molecule has 1 aliphatic rings. The van der Waals surface area contributed by atoms with Crippen molar-refractivity contribution in [2.24, 2.45) is 0 Å². The number of hydrogen-bond acceptors (Lipinski definition) is 2. The van der Waals surface area contributed by atoms with Crippen LogP contribution in [-0.4, -0.2) is 10.9 Å². The average molecular weight is 285 g/mol. The van der Waals surface area contributed by atoms with Crippen molar-refractivity contribution in [2.45, 2.75) is 0 Å². The Morgan fingerprint density at radius 2 is 2.06 bits per heavy atom. The van der Waals surface area contributed by atoms with Crippen molar-refractivity contribution in [1.29, 1.82) is 0 Å². The summed E-state index contributed by atoms with van der Waals surface area (Å²) in [6.07, 6.45) is 9.26. The molecule has 0 unspecified atom stereocenters. The summed E-state index contributed by atoms with van der Waals surface area (Å²) in [5.41, 5.74) is 1.65. The molecule has 1 radical (unpaired) electrons. The first kappa shape index (κ1) is 13.1. The number of carbonyl (C=O) groups excluding carboxylic acids is 1. The standard InChI is InChI=1S/C13H8O2.Y/c14-12-5-1-10(2-6-12)9-11-3-7-13(15)8-4-11;/h1,3,5-9,14H;/q-2;/b11-9-;. The average Bonchev–Trinajstić information content (AvgIpc) is 2.25. The Morgan fingerprint density at radius 3 is 2.62 bits per heavy atom. The van der Waals surface area contributed by atoms with E-state index in [1.807, 2.05) is 6.08 Å². The van der Waals surface area contributed by atoms with Gasteiger partial charge in [0.2, 0.25) is 0 Å². The molecule has 0 atom stereocenters. The summed E-state index contributed by atoms with van der Waals surface area (Å²) < 4.78 is 0. The van der Waals surface area contributed by atoms with Crippen molar-refractivity contribution in [3.63, 3.8) is 0 Å². The van der Waals surface area contributed by atoms with E-state index in [9.17, 15) is 4.79 Å². The number of carbonyl (C=O) groups is 1. The first-order chi connectivity index (χ1) is 7.24. The third kappa shape index (κ3) is 3.55. The summed E-state index contributed by atoms with van der Waals surface area (Å²) in [6, 6.07) is 7.72. The fourth-order valence-corrected chi connectivity index (χ4v) is 1.20. The van der Waals surface area contributed by atoms with Crippen LogP contribution in [0.4, 0.5) is 0 Å². The van der Waals surface area contributed by atoms with E-state index in [0.717, 1.165) is 11.1 Å². The van der Waals surface area contributed by atoms with E-state index in [4.69, 9.17) is 5.11 Å². The van der Waals surface area contributed by atoms with Crippen LogP contribution in [0.2, 0.25) is 0 Å². The molecule has 1 aromatic carbocycles. The van der Waals surface area contributed by atoms with E-state index in [1.54, 1.807) is 18.2 Å². The van der Waals surface area contributed by atoms with Gasteiger partial charge in [0.15, 0.2) is 0 Å². The first-order valence-electron chi connectivity index (χ1n) is 4.48. The van der Waals surface area contributed by atoms with Gasteiger partial charge < -0.3 is 9.90 Å². The molecule has 0 spiro atoms. The first-order valence-corrected chi connectivity index (χ1v) is 4.48. The molecule has 0 fully saturated rings. The van der Waals surface area contributed by atoms with Crippen LogP contribution in [0.5, 0.6) is 5.75 Å². The number of rotatable bonds is 1. The number of benzene rings is 1. The maximum Gasteiger partial charge on any atom is 0.0934 e. The van der Waals surface area contributed by atoms with Crippen molar-refractivity contribution < 1.29 is 42.6 Å². The molecule has 77 valence electrons. The third-order valence-electron chi connectivity index (χ3n) is 1.94. The Morgan fingerprint density at radius 1 is 1.25 bits per heavy atom. The quantitative estimate of drug-likeness (QED) is 0.802. The van der Waals surface area contributed by atoms with Gasteiger partial charge in [-0.1, -0.05) is 6.08 Å². The predicted octanol–water partition coefficient (Wildman–Crippen LogP) is 2.07. The normalized spacial score (nSPS) is 16.2. The summed E-state index contributed by atoms with van der Waals surface area (Å²) in [4.78, 5) is 10.8. The van der Waals surface area contributed by atoms with Gasteiger partial charge in [0, 0.05) is 38.5 Å². The van der Waals surface area contributed by atoms with E-state index in [0.29, 0.717) is 0 Å². The molecular weight excluding hydrogens is 277 g/mol. The minimum absolute atomic E-state index is 0. The van der Waals surface area contributed by atoms with Gasteiger partial charge in [-0.05, 0) is 0 Å². The van der Waals surface area contributed by atoms with Gasteiger partial charge in [-0.3, -0.25) is 0 Å². The van der Waals surface area contributed by atoms with Crippen LogP contribution in [0.15, 0.2) is 42.0 Å². The minimum atomic E-state index is -0.0539. The van der Waals surface area contributed by atoms with Crippen LogP contribution >= 0.6 is 0 Å². The van der Waals surface area contributed by atoms with Crippen LogP contribution in [0, 0.1) is 12.1 Å². The molecular formula is C13H8O2Y-2. The molecule has 2 nitrogen and oxygen atoms in total. The SMILES string of the molecule is O=C1C=[C-]/C(=C\c2[c-]cc(O)cc2)C=C1.[Y]. The maximum absolute atomic E-state index is 10.8. The van der Waals surface area contributed by atoms with Gasteiger partial charge >= 0.3 is 0 Å². The van der Waals surface area contributed by atoms with Crippen LogP contribution in [0.25, 0.3) is 6.08 Å². The number of phenolic OH excluding ortho intramolecular Hbond substituents is 1. The number of ketones is 1. The van der Waals surface area contributed by atoms with Gasteiger partial charge in [-0.25, -0.2) is 0 Å². The monoisotopic (exact) mass is 285 g/mol. The zero-order chi connectivity index (χ0) is 10.7. The summed E-state index contributed by atoms with van der Waals surface area (Å²) in [5, 5.41) is 9.06. The zero-order valence-corrected chi connectivity index (χ0v) is 11.3. The van der Waals surface area contributed by atoms with E-state index in [-0.39, 0.29) is 44.2 Å². The molecule has 0 saturated carbocycles. The third-order valence-corrected chi connectivity index (χ3v) is 1.94. The van der Waals surface area contributed by atoms with Crippen molar-refractivity contribution >= 4 is 11.9 Å². The Labute approximate surface area is 119 Å². The maximum atomic E-state index is 10.8. The van der Waals surface area contributed by atoms with E-state index in [1.165, 1.54) is 18.2 Å². The molecule has 0 saturated heterocycles. The van der Waals surface area contributed by atoms with Gasteiger partial charge in [-0.15, -0.1) is 48.6 Å². The molecule has 3 heteroatoms. The summed E-state index contributed by atoms with van der Waals surface area (Å²) in [5.74, 6) is 0.132. The second kappa shape index (κ2) is 5.93. The van der Waals surface area contributed by atoms with Gasteiger partial charge in [0.05, 0.1) is 5.78 Å². The molecule has 1 N–H and O–H groups in total. The Hall–Kier alpha value is -0.986. The van der Waals surface area contributed by atoms with Crippen LogP contribution in [-0.2, 0) is 37.5 Å². The fourth-order valence-electron chi connectivity index (χ4n) is 1.20. The number of phenols is 1. The topological polar surface area (TPSA) is 37.3 Å². The van der Waals surface area contributed by atoms with Crippen LogP contribution in [0.1, 0.15) is 5.56 Å². The second-order valence-corrected chi connectivity index (χ2v) is 3.13. The van der Waals surface area contributed by atoms with Crippen molar-refractivity contribution in [2.75, 3.05) is 0 Å². The molecule has 1 aliphatic carbocycles. The van der Waals surface area contributed by atoms with Gasteiger partial charge in [0.25, 0.3) is 0 Å². The van der Waals surface area contributed by atoms with Gasteiger partial charge in [0.1, 0.15) is 0 Å². The minimum Gasteiger partial charge on any atom is -0.551 e. The molecule has 0 aliphatic heterocycles. The molecule has 16 heavy (non-hydrogen) atoms. The van der Waals surface area contributed by atoms with Crippen molar-refractivity contribution in [3.8, 4) is 5.75 Å². The van der Waals surface area contributed by atoms with E-state index >= 15 is 0 Å². The second-order valence-electron chi connectivity index (χ2n) is 3.13. The molecule has 2 rings (SSSR count). The van der Waals surface area contributed by atoms with Crippen LogP contribution < -0.4 is 0 Å². The largest absolute Gasteiger partial charge is 0.551 e. The summed E-state index contributed by atoms with van der Waals surface area (Å²) in [6.45, 7) is 0. The molecule has 0 bridgehead atoms. The summed E-state index contributed by atoms with van der Waals surface area (Å²) in [7, 11) is 0. The van der Waals surface area contributed by atoms with E-state index < -0.39 is 0 Å². The van der Waals surface area contributed by atoms with Crippen molar-refractivity contribution in [1.82, 2.24) is 0 Å². The molecule has 0 aromatic heterocycles. The van der Waals surface area contributed by atoms with Gasteiger partial charge in [-0.2, -0.15) is 11.1 Å².